The van der Waals surface area contributed by atoms with Crippen LogP contribution in [0.4, 0.5) is 0 Å². The third-order valence-electron chi connectivity index (χ3n) is 3.31. The van der Waals surface area contributed by atoms with Gasteiger partial charge in [0.1, 0.15) is 4.88 Å². The molecule has 0 amide bonds. The molecule has 2 heterocycles. The van der Waals surface area contributed by atoms with Crippen LogP contribution in [0.2, 0.25) is 5.02 Å². The predicted molar refractivity (Wildman–Crippen MR) is 89.0 cm³/mol. The summed E-state index contributed by atoms with van der Waals surface area (Å²) in [5.41, 5.74) is 0. The van der Waals surface area contributed by atoms with E-state index in [1.807, 2.05) is 31.2 Å². The molecule has 2 aromatic heterocycles. The molecule has 0 aliphatic heterocycles. The number of rotatable bonds is 5. The Hall–Kier alpha value is -1.92. The zero-order valence-electron chi connectivity index (χ0n) is 12.7. The monoisotopic (exact) mass is 350 g/mol. The van der Waals surface area contributed by atoms with Gasteiger partial charge >= 0.3 is 5.97 Å². The maximum atomic E-state index is 12.4. The summed E-state index contributed by atoms with van der Waals surface area (Å²) in [5.74, 6) is 0.420. The number of hydrogen-bond acceptors (Lipinski definition) is 6. The molecule has 120 valence electrons. The number of fused-ring (bicyclic) bond motifs is 1. The average molecular weight is 351 g/mol. The minimum atomic E-state index is -0.623. The molecule has 7 heteroatoms. The average Bonchev–Trinajstić information content (AvgIpc) is 3.13. The molecule has 0 aliphatic carbocycles. The van der Waals surface area contributed by atoms with E-state index in [2.05, 4.69) is 10.1 Å². The molecule has 5 nitrogen and oxygen atoms in total. The second-order valence-electron chi connectivity index (χ2n) is 5.09. The third kappa shape index (κ3) is 3.23. The zero-order valence-corrected chi connectivity index (χ0v) is 14.3. The fourth-order valence-corrected chi connectivity index (χ4v) is 3.56. The van der Waals surface area contributed by atoms with E-state index >= 15 is 0 Å². The van der Waals surface area contributed by atoms with Crippen LogP contribution in [-0.2, 0) is 11.2 Å². The van der Waals surface area contributed by atoms with E-state index in [4.69, 9.17) is 20.9 Å². The summed E-state index contributed by atoms with van der Waals surface area (Å²) in [6.07, 6.45) is 1.03. The van der Waals surface area contributed by atoms with Crippen molar-refractivity contribution >= 4 is 39.0 Å². The van der Waals surface area contributed by atoms with E-state index in [-0.39, 0.29) is 0 Å². The molecule has 0 saturated carbocycles. The number of benzene rings is 1. The maximum Gasteiger partial charge on any atom is 0.350 e. The van der Waals surface area contributed by atoms with Crippen molar-refractivity contribution in [2.24, 2.45) is 0 Å². The molecular formula is C16H15ClN2O3S. The summed E-state index contributed by atoms with van der Waals surface area (Å²) in [7, 11) is 0. The van der Waals surface area contributed by atoms with E-state index < -0.39 is 12.1 Å². The topological polar surface area (TPSA) is 65.2 Å². The molecular weight excluding hydrogens is 336 g/mol. The van der Waals surface area contributed by atoms with Gasteiger partial charge in [0.25, 0.3) is 5.89 Å². The van der Waals surface area contributed by atoms with Crippen LogP contribution >= 0.6 is 22.9 Å². The lowest BCUT2D eigenvalue weighted by Crippen LogP contribution is -2.08. The fraction of sp³-hybridized carbons (Fsp3) is 0.312. The van der Waals surface area contributed by atoms with Crippen molar-refractivity contribution in [2.75, 3.05) is 0 Å². The molecule has 0 bridgehead atoms. The van der Waals surface area contributed by atoms with Crippen LogP contribution in [0.5, 0.6) is 0 Å². The lowest BCUT2D eigenvalue weighted by molar-refractivity contribution is 0.0271. The van der Waals surface area contributed by atoms with Gasteiger partial charge in [0.15, 0.2) is 11.9 Å². The first-order chi connectivity index (χ1) is 11.1. The van der Waals surface area contributed by atoms with E-state index in [9.17, 15) is 4.79 Å². The van der Waals surface area contributed by atoms with Gasteiger partial charge in [0, 0.05) is 16.5 Å². The minimum absolute atomic E-state index is 0.291. The molecule has 3 rings (SSSR count). The number of halogens is 1. The minimum Gasteiger partial charge on any atom is -0.448 e. The van der Waals surface area contributed by atoms with E-state index in [1.54, 1.807) is 6.92 Å². The Labute approximate surface area is 142 Å². The van der Waals surface area contributed by atoms with Gasteiger partial charge in [0.05, 0.1) is 5.02 Å². The lowest BCUT2D eigenvalue weighted by atomic mass is 10.2. The second kappa shape index (κ2) is 6.68. The van der Waals surface area contributed by atoms with E-state index in [0.717, 1.165) is 22.9 Å². The Kier molecular flexibility index (Phi) is 4.63. The predicted octanol–water partition coefficient (Wildman–Crippen LogP) is 4.81. The Morgan fingerprint density at radius 2 is 2.22 bits per heavy atom. The molecule has 0 aliphatic rings. The highest BCUT2D eigenvalue weighted by molar-refractivity contribution is 7.21. The van der Waals surface area contributed by atoms with Crippen LogP contribution in [0.1, 0.15) is 47.8 Å². The van der Waals surface area contributed by atoms with Crippen molar-refractivity contribution < 1.29 is 14.1 Å². The van der Waals surface area contributed by atoms with Gasteiger partial charge in [-0.15, -0.1) is 11.3 Å². The third-order valence-corrected chi connectivity index (χ3v) is 4.96. The van der Waals surface area contributed by atoms with Crippen molar-refractivity contribution in [2.45, 2.75) is 32.8 Å². The summed E-state index contributed by atoms with van der Waals surface area (Å²) in [6, 6.07) is 7.58. The van der Waals surface area contributed by atoms with Crippen molar-refractivity contribution in [1.29, 1.82) is 0 Å². The van der Waals surface area contributed by atoms with Crippen LogP contribution < -0.4 is 0 Å². The van der Waals surface area contributed by atoms with Gasteiger partial charge in [0.2, 0.25) is 0 Å². The fourth-order valence-electron chi connectivity index (χ4n) is 2.17. The van der Waals surface area contributed by atoms with E-state index in [0.29, 0.717) is 21.6 Å². The quantitative estimate of drug-likeness (QED) is 0.618. The van der Waals surface area contributed by atoms with Gasteiger partial charge in [-0.3, -0.25) is 0 Å². The van der Waals surface area contributed by atoms with Crippen molar-refractivity contribution in [3.63, 3.8) is 0 Å². The summed E-state index contributed by atoms with van der Waals surface area (Å²) >= 11 is 7.59. The van der Waals surface area contributed by atoms with Crippen LogP contribution in [-0.4, -0.2) is 16.1 Å². The highest BCUT2D eigenvalue weighted by atomic mass is 35.5. The number of hydrogen-bond donors (Lipinski definition) is 0. The molecule has 0 N–H and O–H groups in total. The van der Waals surface area contributed by atoms with Crippen molar-refractivity contribution in [3.05, 3.63) is 45.9 Å². The van der Waals surface area contributed by atoms with Gasteiger partial charge in [-0.05, 0) is 19.4 Å². The van der Waals surface area contributed by atoms with Crippen molar-refractivity contribution in [3.8, 4) is 0 Å². The molecule has 1 atom stereocenters. The molecule has 23 heavy (non-hydrogen) atoms. The molecule has 1 unspecified atom stereocenters. The Bertz CT molecular complexity index is 843. The molecule has 0 saturated heterocycles. The van der Waals surface area contributed by atoms with Crippen LogP contribution in [0.3, 0.4) is 0 Å². The second-order valence-corrected chi connectivity index (χ2v) is 6.52. The van der Waals surface area contributed by atoms with Gasteiger partial charge < -0.3 is 9.26 Å². The number of aromatic nitrogens is 2. The summed E-state index contributed by atoms with van der Waals surface area (Å²) < 4.78 is 11.5. The van der Waals surface area contributed by atoms with Crippen LogP contribution in [0, 0.1) is 0 Å². The summed E-state index contributed by atoms with van der Waals surface area (Å²) in [5, 5.41) is 5.12. The number of esters is 1. The number of carbonyl (C=O) groups excluding carboxylic acids is 1. The van der Waals surface area contributed by atoms with Gasteiger partial charge in [-0.25, -0.2) is 4.79 Å². The highest BCUT2D eigenvalue weighted by Crippen LogP contribution is 2.36. The number of aryl methyl sites for hydroxylation is 1. The Morgan fingerprint density at radius 3 is 2.96 bits per heavy atom. The number of thiophene rings is 1. The zero-order chi connectivity index (χ0) is 16.4. The Morgan fingerprint density at radius 1 is 1.43 bits per heavy atom. The Balaban J connectivity index is 1.78. The summed E-state index contributed by atoms with van der Waals surface area (Å²) in [6.45, 7) is 3.73. The molecule has 3 aromatic rings. The first kappa shape index (κ1) is 16.0. The van der Waals surface area contributed by atoms with Crippen molar-refractivity contribution in [1.82, 2.24) is 10.1 Å². The normalized spacial score (nSPS) is 12.5. The molecule has 0 radical (unpaired) electrons. The highest BCUT2D eigenvalue weighted by Gasteiger charge is 2.23. The SMILES string of the molecule is CCCc1noc(C(C)OC(=O)c2sc3ccccc3c2Cl)n1. The molecule has 1 aromatic carbocycles. The lowest BCUT2D eigenvalue weighted by Gasteiger charge is -2.08. The smallest absolute Gasteiger partial charge is 0.350 e. The largest absolute Gasteiger partial charge is 0.448 e. The number of carbonyl (C=O) groups is 1. The summed E-state index contributed by atoms with van der Waals surface area (Å²) in [4.78, 5) is 17.0. The molecule has 0 fully saturated rings. The first-order valence-corrected chi connectivity index (χ1v) is 8.50. The molecule has 0 spiro atoms. The van der Waals surface area contributed by atoms with Gasteiger partial charge in [-0.1, -0.05) is 41.9 Å². The number of nitrogens with zero attached hydrogens (tertiary/aromatic N) is 2. The van der Waals surface area contributed by atoms with Crippen LogP contribution in [0.25, 0.3) is 10.1 Å². The number of ether oxygens (including phenoxy) is 1. The van der Waals surface area contributed by atoms with Crippen LogP contribution in [0.15, 0.2) is 28.8 Å². The first-order valence-electron chi connectivity index (χ1n) is 7.30. The van der Waals surface area contributed by atoms with Gasteiger partial charge in [-0.2, -0.15) is 4.98 Å². The standard InChI is InChI=1S/C16H15ClN2O3S/c1-3-6-12-18-15(22-19-12)9(2)21-16(20)14-13(17)10-7-4-5-8-11(10)23-14/h4-5,7-9H,3,6H2,1-2H3. The maximum absolute atomic E-state index is 12.4. The van der Waals surface area contributed by atoms with E-state index in [1.165, 1.54) is 11.3 Å².